The van der Waals surface area contributed by atoms with Crippen LogP contribution in [0.25, 0.3) is 0 Å². The van der Waals surface area contributed by atoms with Gasteiger partial charge in [-0.3, -0.25) is 0 Å². The lowest BCUT2D eigenvalue weighted by atomic mass is 9.85. The maximum Gasteiger partial charge on any atom is 0.322 e. The van der Waals surface area contributed by atoms with Gasteiger partial charge < -0.3 is 19.9 Å². The fraction of sp³-hybridized carbons (Fsp3) is 0.455. The fourth-order valence-electron chi connectivity index (χ4n) is 3.71. The van der Waals surface area contributed by atoms with Crippen molar-refractivity contribution in [3.8, 4) is 0 Å². The first-order valence-corrected chi connectivity index (χ1v) is 10.2. The summed E-state index contributed by atoms with van der Waals surface area (Å²) in [6.45, 7) is 8.95. The van der Waals surface area contributed by atoms with Gasteiger partial charge in [-0.25, -0.2) is 9.78 Å². The molecule has 1 saturated heterocycles. The monoisotopic (exact) mass is 416 g/mol. The first-order valence-electron chi connectivity index (χ1n) is 9.84. The van der Waals surface area contributed by atoms with Crippen LogP contribution in [0.4, 0.5) is 16.3 Å². The van der Waals surface area contributed by atoms with E-state index in [1.165, 1.54) is 5.56 Å². The van der Waals surface area contributed by atoms with Gasteiger partial charge in [0.2, 0.25) is 0 Å². The lowest BCUT2D eigenvalue weighted by molar-refractivity contribution is 0.146. The molecule has 0 aliphatic carbocycles. The summed E-state index contributed by atoms with van der Waals surface area (Å²) in [6, 6.07) is 11.6. The smallest absolute Gasteiger partial charge is 0.322 e. The summed E-state index contributed by atoms with van der Waals surface area (Å²) in [7, 11) is 1.71. The molecular formula is C22H29ClN4O2. The SMILES string of the molecule is COCC(C)(C)c1ccc(NC(=O)N2CCN(c3ncccc3Cl)C[C@H]2C)cc1. The summed E-state index contributed by atoms with van der Waals surface area (Å²) in [5.41, 5.74) is 1.88. The van der Waals surface area contributed by atoms with Crippen LogP contribution in [0.5, 0.6) is 0 Å². The van der Waals surface area contributed by atoms with Crippen molar-refractivity contribution in [3.05, 3.63) is 53.2 Å². The number of nitrogens with zero attached hydrogens (tertiary/aromatic N) is 3. The molecule has 7 heteroatoms. The van der Waals surface area contributed by atoms with Gasteiger partial charge in [0.1, 0.15) is 5.82 Å². The van der Waals surface area contributed by atoms with Crippen LogP contribution in [0, 0.1) is 0 Å². The van der Waals surface area contributed by atoms with E-state index in [0.717, 1.165) is 11.5 Å². The van der Waals surface area contributed by atoms with Crippen molar-refractivity contribution < 1.29 is 9.53 Å². The predicted octanol–water partition coefficient (Wildman–Crippen LogP) is 4.40. The minimum Gasteiger partial charge on any atom is -0.384 e. The molecule has 2 heterocycles. The molecule has 0 radical (unpaired) electrons. The fourth-order valence-corrected chi connectivity index (χ4v) is 3.95. The summed E-state index contributed by atoms with van der Waals surface area (Å²) >= 11 is 6.27. The van der Waals surface area contributed by atoms with E-state index in [9.17, 15) is 4.79 Å². The van der Waals surface area contributed by atoms with Crippen LogP contribution in [0.3, 0.4) is 0 Å². The number of anilines is 2. The van der Waals surface area contributed by atoms with Gasteiger partial charge in [0.25, 0.3) is 0 Å². The zero-order chi connectivity index (χ0) is 21.0. The number of benzene rings is 1. The van der Waals surface area contributed by atoms with E-state index in [1.807, 2.05) is 48.2 Å². The number of rotatable bonds is 5. The Morgan fingerprint density at radius 1 is 1.28 bits per heavy atom. The van der Waals surface area contributed by atoms with E-state index >= 15 is 0 Å². The van der Waals surface area contributed by atoms with Gasteiger partial charge in [-0.2, -0.15) is 0 Å². The van der Waals surface area contributed by atoms with Gasteiger partial charge in [-0.15, -0.1) is 0 Å². The highest BCUT2D eigenvalue weighted by Gasteiger charge is 2.29. The normalized spacial score (nSPS) is 17.3. The Morgan fingerprint density at radius 2 is 2.00 bits per heavy atom. The molecule has 2 aromatic rings. The highest BCUT2D eigenvalue weighted by atomic mass is 35.5. The molecule has 0 saturated carbocycles. The molecule has 1 atom stereocenters. The zero-order valence-corrected chi connectivity index (χ0v) is 18.2. The third-order valence-electron chi connectivity index (χ3n) is 5.35. The number of urea groups is 1. The Kier molecular flexibility index (Phi) is 6.65. The van der Waals surface area contributed by atoms with Gasteiger partial charge in [-0.1, -0.05) is 37.6 Å². The third-order valence-corrected chi connectivity index (χ3v) is 5.64. The highest BCUT2D eigenvalue weighted by Crippen LogP contribution is 2.26. The second kappa shape index (κ2) is 9.01. The quantitative estimate of drug-likeness (QED) is 0.784. The Labute approximate surface area is 177 Å². The summed E-state index contributed by atoms with van der Waals surface area (Å²) < 4.78 is 5.30. The second-order valence-electron chi connectivity index (χ2n) is 8.12. The van der Waals surface area contributed by atoms with Crippen LogP contribution in [-0.4, -0.2) is 55.3 Å². The molecule has 1 aromatic carbocycles. The average Bonchev–Trinajstić information content (AvgIpc) is 2.68. The molecule has 1 aliphatic rings. The maximum absolute atomic E-state index is 12.8. The van der Waals surface area contributed by atoms with Crippen molar-refractivity contribution in [2.24, 2.45) is 0 Å². The molecule has 1 aromatic heterocycles. The molecule has 6 nitrogen and oxygen atoms in total. The van der Waals surface area contributed by atoms with Gasteiger partial charge >= 0.3 is 6.03 Å². The highest BCUT2D eigenvalue weighted by molar-refractivity contribution is 6.32. The average molecular weight is 417 g/mol. The summed E-state index contributed by atoms with van der Waals surface area (Å²) in [4.78, 5) is 21.2. The van der Waals surface area contributed by atoms with Crippen LogP contribution in [0.1, 0.15) is 26.3 Å². The predicted molar refractivity (Wildman–Crippen MR) is 118 cm³/mol. The summed E-state index contributed by atoms with van der Waals surface area (Å²) in [5, 5.41) is 3.65. The molecule has 3 rings (SSSR count). The second-order valence-corrected chi connectivity index (χ2v) is 8.53. The first kappa shape index (κ1) is 21.4. The number of piperazine rings is 1. The molecule has 1 N–H and O–H groups in total. The van der Waals surface area contributed by atoms with Crippen LogP contribution < -0.4 is 10.2 Å². The van der Waals surface area contributed by atoms with Gasteiger partial charge in [0.05, 0.1) is 11.6 Å². The number of nitrogens with one attached hydrogen (secondary N) is 1. The molecule has 1 fully saturated rings. The molecule has 1 aliphatic heterocycles. The molecule has 0 bridgehead atoms. The number of aromatic nitrogens is 1. The van der Waals surface area contributed by atoms with Crippen molar-refractivity contribution in [2.75, 3.05) is 43.6 Å². The van der Waals surface area contributed by atoms with Crippen molar-refractivity contribution in [2.45, 2.75) is 32.2 Å². The van der Waals surface area contributed by atoms with E-state index in [4.69, 9.17) is 16.3 Å². The molecule has 29 heavy (non-hydrogen) atoms. The Balaban J connectivity index is 1.61. The maximum atomic E-state index is 12.8. The molecule has 0 unspecified atom stereocenters. The van der Waals surface area contributed by atoms with Crippen molar-refractivity contribution >= 4 is 29.1 Å². The van der Waals surface area contributed by atoms with E-state index < -0.39 is 0 Å². The van der Waals surface area contributed by atoms with Crippen LogP contribution in [0.2, 0.25) is 5.02 Å². The number of pyridine rings is 1. The number of carbonyl (C=O) groups excluding carboxylic acids is 1. The minimum atomic E-state index is -0.0897. The van der Waals surface area contributed by atoms with Gasteiger partial charge in [0, 0.05) is 50.1 Å². The van der Waals surface area contributed by atoms with Crippen LogP contribution >= 0.6 is 11.6 Å². The molecule has 156 valence electrons. The van der Waals surface area contributed by atoms with Crippen LogP contribution in [0.15, 0.2) is 42.6 Å². The van der Waals surface area contributed by atoms with E-state index in [1.54, 1.807) is 13.3 Å². The Hall–Kier alpha value is -2.31. The third kappa shape index (κ3) is 5.00. The summed E-state index contributed by atoms with van der Waals surface area (Å²) in [6.07, 6.45) is 1.74. The number of methoxy groups -OCH3 is 1. The van der Waals surface area contributed by atoms with E-state index in [2.05, 4.69) is 29.0 Å². The van der Waals surface area contributed by atoms with Crippen molar-refractivity contribution in [3.63, 3.8) is 0 Å². The number of ether oxygens (including phenoxy) is 1. The van der Waals surface area contributed by atoms with E-state index in [0.29, 0.717) is 31.3 Å². The first-order chi connectivity index (χ1) is 13.8. The standard InChI is InChI=1S/C22H29ClN4O2/c1-16-14-26(20-19(23)6-5-11-24-20)12-13-27(16)21(28)25-18-9-7-17(8-10-18)22(2,3)15-29-4/h5-11,16H,12-15H2,1-4H3,(H,25,28)/t16-/m1/s1. The zero-order valence-electron chi connectivity index (χ0n) is 17.5. The lowest BCUT2D eigenvalue weighted by Crippen LogP contribution is -2.55. The largest absolute Gasteiger partial charge is 0.384 e. The van der Waals surface area contributed by atoms with Crippen molar-refractivity contribution in [1.82, 2.24) is 9.88 Å². The Morgan fingerprint density at radius 3 is 2.62 bits per heavy atom. The van der Waals surface area contributed by atoms with Crippen LogP contribution in [-0.2, 0) is 10.2 Å². The lowest BCUT2D eigenvalue weighted by Gasteiger charge is -2.40. The molecule has 2 amide bonds. The minimum absolute atomic E-state index is 0.0433. The molecular weight excluding hydrogens is 388 g/mol. The van der Waals surface area contributed by atoms with E-state index in [-0.39, 0.29) is 17.5 Å². The van der Waals surface area contributed by atoms with Gasteiger partial charge in [-0.05, 0) is 36.8 Å². The topological polar surface area (TPSA) is 57.7 Å². The number of hydrogen-bond acceptors (Lipinski definition) is 4. The Bertz CT molecular complexity index is 841. The summed E-state index contributed by atoms with van der Waals surface area (Å²) in [5.74, 6) is 0.773. The number of amides is 2. The number of carbonyl (C=O) groups is 1. The number of halogens is 1. The molecule has 0 spiro atoms. The van der Waals surface area contributed by atoms with Crippen molar-refractivity contribution in [1.29, 1.82) is 0 Å². The van der Waals surface area contributed by atoms with Gasteiger partial charge in [0.15, 0.2) is 0 Å². The number of hydrogen-bond donors (Lipinski definition) is 1.